The van der Waals surface area contributed by atoms with Gasteiger partial charge in [-0.25, -0.2) is 0 Å². The zero-order valence-electron chi connectivity index (χ0n) is 9.48. The van der Waals surface area contributed by atoms with Crippen LogP contribution in [0, 0.1) is 10.1 Å². The number of benzene rings is 1. The van der Waals surface area contributed by atoms with Crippen LogP contribution in [-0.2, 0) is 10.0 Å². The molecule has 0 aliphatic heterocycles. The van der Waals surface area contributed by atoms with Gasteiger partial charge < -0.3 is 5.73 Å². The molecule has 2 aromatic rings. The van der Waals surface area contributed by atoms with Gasteiger partial charge in [-0.2, -0.15) is 8.42 Å². The predicted molar refractivity (Wildman–Crippen MR) is 75.9 cm³/mol. The number of nitro groups is 1. The standard InChI is InChI=1S/C8H6BrN5O4S2/c9-5-2-1-4(3-6(5)14(15)16)13-20(17,18)8-12-11-7(10)19-8/h1-3,13H,(H2,10,11). The lowest BCUT2D eigenvalue weighted by atomic mass is 10.3. The third-order valence-corrected chi connectivity index (χ3v) is 5.22. The summed E-state index contributed by atoms with van der Waals surface area (Å²) in [6.07, 6.45) is 0. The molecule has 0 aliphatic rings. The number of nitrogens with one attached hydrogen (secondary N) is 1. The number of sulfonamides is 1. The van der Waals surface area contributed by atoms with Gasteiger partial charge in [0.15, 0.2) is 0 Å². The summed E-state index contributed by atoms with van der Waals surface area (Å²) in [5.41, 5.74) is 5.08. The average molecular weight is 380 g/mol. The largest absolute Gasteiger partial charge is 0.374 e. The van der Waals surface area contributed by atoms with Crippen molar-refractivity contribution in [3.05, 3.63) is 32.8 Å². The first kappa shape index (κ1) is 14.6. The molecule has 20 heavy (non-hydrogen) atoms. The molecule has 0 fully saturated rings. The van der Waals surface area contributed by atoms with Crippen molar-refractivity contribution in [3.8, 4) is 0 Å². The molecule has 1 aromatic heterocycles. The number of anilines is 2. The summed E-state index contributed by atoms with van der Waals surface area (Å²) < 4.78 is 26.0. The summed E-state index contributed by atoms with van der Waals surface area (Å²) in [5, 5.41) is 17.6. The van der Waals surface area contributed by atoms with Gasteiger partial charge in [-0.1, -0.05) is 11.3 Å². The molecule has 0 saturated carbocycles. The summed E-state index contributed by atoms with van der Waals surface area (Å²) in [4.78, 5) is 10.1. The zero-order valence-corrected chi connectivity index (χ0v) is 12.7. The Labute approximate surface area is 125 Å². The highest BCUT2D eigenvalue weighted by atomic mass is 79.9. The fraction of sp³-hybridized carbons (Fsp3) is 0. The second-order valence-corrected chi connectivity index (χ2v) is 7.15. The molecule has 0 aliphatic carbocycles. The highest BCUT2D eigenvalue weighted by Gasteiger charge is 2.21. The normalized spacial score (nSPS) is 11.2. The molecule has 0 unspecified atom stereocenters. The maximum atomic E-state index is 11.9. The first-order chi connectivity index (χ1) is 9.29. The minimum atomic E-state index is -3.97. The Kier molecular flexibility index (Phi) is 3.87. The molecular formula is C8H6BrN5O4S2. The van der Waals surface area contributed by atoms with Crippen LogP contribution in [0.15, 0.2) is 27.0 Å². The molecule has 106 valence electrons. The van der Waals surface area contributed by atoms with Crippen LogP contribution in [0.1, 0.15) is 0 Å². The monoisotopic (exact) mass is 379 g/mol. The number of nitrogen functional groups attached to an aromatic ring is 1. The Balaban J connectivity index is 2.35. The van der Waals surface area contributed by atoms with Gasteiger partial charge in [-0.15, -0.1) is 10.2 Å². The maximum absolute atomic E-state index is 11.9. The van der Waals surface area contributed by atoms with Gasteiger partial charge in [0, 0.05) is 6.07 Å². The summed E-state index contributed by atoms with van der Waals surface area (Å²) >= 11 is 3.69. The first-order valence-corrected chi connectivity index (χ1v) is 7.94. The van der Waals surface area contributed by atoms with Crippen LogP contribution in [-0.4, -0.2) is 23.5 Å². The zero-order chi connectivity index (χ0) is 14.9. The Morgan fingerprint density at radius 1 is 1.40 bits per heavy atom. The lowest BCUT2D eigenvalue weighted by Gasteiger charge is -2.05. The van der Waals surface area contributed by atoms with Gasteiger partial charge in [-0.05, 0) is 28.1 Å². The van der Waals surface area contributed by atoms with Gasteiger partial charge in [0.1, 0.15) is 0 Å². The maximum Gasteiger partial charge on any atom is 0.291 e. The van der Waals surface area contributed by atoms with Gasteiger partial charge in [-0.3, -0.25) is 14.8 Å². The Bertz CT molecular complexity index is 775. The number of nitrogens with two attached hydrogens (primary N) is 1. The summed E-state index contributed by atoms with van der Waals surface area (Å²) in [6, 6.07) is 3.83. The molecule has 12 heteroatoms. The van der Waals surface area contributed by atoms with Crippen molar-refractivity contribution in [1.82, 2.24) is 10.2 Å². The van der Waals surface area contributed by atoms with E-state index < -0.39 is 14.9 Å². The molecule has 0 amide bonds. The molecule has 0 saturated heterocycles. The van der Waals surface area contributed by atoms with Crippen molar-refractivity contribution in [3.63, 3.8) is 0 Å². The molecule has 1 aromatic carbocycles. The molecule has 0 spiro atoms. The lowest BCUT2D eigenvalue weighted by molar-refractivity contribution is -0.385. The van der Waals surface area contributed by atoms with Gasteiger partial charge in [0.25, 0.3) is 20.1 Å². The SMILES string of the molecule is Nc1nnc(S(=O)(=O)Nc2ccc(Br)c([N+](=O)[O-])c2)s1. The van der Waals surface area contributed by atoms with Crippen LogP contribution in [0.2, 0.25) is 0 Å². The number of nitro benzene ring substituents is 1. The van der Waals surface area contributed by atoms with Gasteiger partial charge >= 0.3 is 0 Å². The third kappa shape index (κ3) is 3.02. The van der Waals surface area contributed by atoms with E-state index in [1.165, 1.54) is 12.1 Å². The summed E-state index contributed by atoms with van der Waals surface area (Å²) in [6.45, 7) is 0. The van der Waals surface area contributed by atoms with E-state index in [1.54, 1.807) is 0 Å². The van der Waals surface area contributed by atoms with Crippen molar-refractivity contribution >= 4 is 53.8 Å². The summed E-state index contributed by atoms with van der Waals surface area (Å²) in [5.74, 6) is 0. The number of hydrogen-bond acceptors (Lipinski definition) is 8. The average Bonchev–Trinajstić information content (AvgIpc) is 2.78. The van der Waals surface area contributed by atoms with Crippen LogP contribution < -0.4 is 10.5 Å². The smallest absolute Gasteiger partial charge is 0.291 e. The van der Waals surface area contributed by atoms with Crippen molar-refractivity contribution in [2.24, 2.45) is 0 Å². The van der Waals surface area contributed by atoms with Crippen molar-refractivity contribution < 1.29 is 13.3 Å². The Morgan fingerprint density at radius 2 is 2.10 bits per heavy atom. The molecule has 2 rings (SSSR count). The van der Waals surface area contributed by atoms with Crippen LogP contribution in [0.3, 0.4) is 0 Å². The minimum Gasteiger partial charge on any atom is -0.374 e. The fourth-order valence-electron chi connectivity index (χ4n) is 1.24. The second kappa shape index (κ2) is 5.30. The highest BCUT2D eigenvalue weighted by Crippen LogP contribution is 2.29. The van der Waals surface area contributed by atoms with E-state index >= 15 is 0 Å². The molecule has 0 radical (unpaired) electrons. The van der Waals surface area contributed by atoms with Crippen LogP contribution in [0.25, 0.3) is 0 Å². The number of nitrogens with zero attached hydrogens (tertiary/aromatic N) is 3. The minimum absolute atomic E-state index is 0.00663. The summed E-state index contributed by atoms with van der Waals surface area (Å²) in [7, 11) is -3.97. The number of halogens is 1. The third-order valence-electron chi connectivity index (χ3n) is 2.05. The molecule has 0 bridgehead atoms. The molecular weight excluding hydrogens is 374 g/mol. The van der Waals surface area contributed by atoms with Crippen molar-refractivity contribution in [2.45, 2.75) is 4.34 Å². The molecule has 3 N–H and O–H groups in total. The number of rotatable bonds is 4. The first-order valence-electron chi connectivity index (χ1n) is 4.85. The Hall–Kier alpha value is -1.79. The van der Waals surface area contributed by atoms with Crippen LogP contribution in [0.4, 0.5) is 16.5 Å². The van der Waals surface area contributed by atoms with E-state index in [-0.39, 0.29) is 25.3 Å². The number of aromatic nitrogens is 2. The van der Waals surface area contributed by atoms with E-state index in [1.807, 2.05) is 0 Å². The number of hydrogen-bond donors (Lipinski definition) is 2. The van der Waals surface area contributed by atoms with Crippen LogP contribution >= 0.6 is 27.3 Å². The van der Waals surface area contributed by atoms with E-state index in [9.17, 15) is 18.5 Å². The quantitative estimate of drug-likeness (QED) is 0.606. The van der Waals surface area contributed by atoms with E-state index in [0.717, 1.165) is 6.07 Å². The predicted octanol–water partition coefficient (Wildman–Crippen LogP) is 1.59. The van der Waals surface area contributed by atoms with Crippen molar-refractivity contribution in [2.75, 3.05) is 10.5 Å². The molecule has 9 nitrogen and oxygen atoms in total. The topological polar surface area (TPSA) is 141 Å². The Morgan fingerprint density at radius 3 is 2.65 bits per heavy atom. The van der Waals surface area contributed by atoms with Gasteiger partial charge in [0.2, 0.25) is 5.13 Å². The lowest BCUT2D eigenvalue weighted by Crippen LogP contribution is -2.12. The van der Waals surface area contributed by atoms with Gasteiger partial charge in [0.05, 0.1) is 15.1 Å². The fourth-order valence-corrected chi connectivity index (χ4v) is 3.47. The highest BCUT2D eigenvalue weighted by molar-refractivity contribution is 9.10. The van der Waals surface area contributed by atoms with E-state index in [4.69, 9.17) is 5.73 Å². The molecule has 0 atom stereocenters. The van der Waals surface area contributed by atoms with Crippen molar-refractivity contribution in [1.29, 1.82) is 0 Å². The van der Waals surface area contributed by atoms with E-state index in [2.05, 4.69) is 30.8 Å². The van der Waals surface area contributed by atoms with Crippen LogP contribution in [0.5, 0.6) is 0 Å². The molecule has 1 heterocycles. The second-order valence-electron chi connectivity index (χ2n) is 3.44. The van der Waals surface area contributed by atoms with E-state index in [0.29, 0.717) is 11.3 Å².